The first-order chi connectivity index (χ1) is 9.20. The van der Waals surface area contributed by atoms with E-state index in [1.54, 1.807) is 0 Å². The first-order valence-corrected chi connectivity index (χ1v) is 6.79. The van der Waals surface area contributed by atoms with Crippen LogP contribution in [0.3, 0.4) is 0 Å². The second kappa shape index (κ2) is 7.93. The van der Waals surface area contributed by atoms with Gasteiger partial charge in [0, 0.05) is 6.04 Å². The number of hydrogen-bond donors (Lipinski definition) is 1. The van der Waals surface area contributed by atoms with E-state index < -0.39 is 0 Å². The van der Waals surface area contributed by atoms with Crippen molar-refractivity contribution in [2.75, 3.05) is 0 Å². The second-order valence-electron chi connectivity index (χ2n) is 4.90. The molecule has 2 rings (SSSR count). The predicted octanol–water partition coefficient (Wildman–Crippen LogP) is 4.95. The lowest BCUT2D eigenvalue weighted by molar-refractivity contribution is 0.454. The summed E-state index contributed by atoms with van der Waals surface area (Å²) in [5, 5.41) is 0. The number of nitrogens with two attached hydrogens (primary N) is 1. The molecule has 20 heavy (non-hydrogen) atoms. The zero-order valence-corrected chi connectivity index (χ0v) is 12.8. The van der Waals surface area contributed by atoms with Gasteiger partial charge in [-0.3, -0.25) is 0 Å². The summed E-state index contributed by atoms with van der Waals surface area (Å²) in [6, 6.07) is 17.9. The van der Waals surface area contributed by atoms with Crippen LogP contribution in [-0.4, -0.2) is 0 Å². The summed E-state index contributed by atoms with van der Waals surface area (Å²) in [5.41, 5.74) is 7.37. The largest absolute Gasteiger partial charge is 0.457 e. The summed E-state index contributed by atoms with van der Waals surface area (Å²) in [6.45, 7) is 4.34. The molecule has 0 aliphatic heterocycles. The molecule has 0 amide bonds. The molecule has 0 fully saturated rings. The first kappa shape index (κ1) is 16.5. The van der Waals surface area contributed by atoms with Crippen LogP contribution in [0.4, 0.5) is 0 Å². The summed E-state index contributed by atoms with van der Waals surface area (Å²) in [7, 11) is 0. The zero-order valence-electron chi connectivity index (χ0n) is 12.0. The fraction of sp³-hybridized carbons (Fsp3) is 0.294. The van der Waals surface area contributed by atoms with Crippen molar-refractivity contribution in [1.29, 1.82) is 0 Å². The van der Waals surface area contributed by atoms with E-state index >= 15 is 0 Å². The van der Waals surface area contributed by atoms with Crippen molar-refractivity contribution in [3.05, 3.63) is 60.2 Å². The Balaban J connectivity index is 0.00000200. The van der Waals surface area contributed by atoms with Crippen molar-refractivity contribution < 1.29 is 4.74 Å². The summed E-state index contributed by atoms with van der Waals surface area (Å²) >= 11 is 0. The van der Waals surface area contributed by atoms with E-state index in [4.69, 9.17) is 10.5 Å². The van der Waals surface area contributed by atoms with E-state index in [0.29, 0.717) is 5.92 Å². The number of para-hydroxylation sites is 1. The van der Waals surface area contributed by atoms with Gasteiger partial charge in [0.15, 0.2) is 0 Å². The van der Waals surface area contributed by atoms with Gasteiger partial charge in [0.25, 0.3) is 0 Å². The summed E-state index contributed by atoms with van der Waals surface area (Å²) in [4.78, 5) is 0. The molecule has 2 aromatic rings. The Hall–Kier alpha value is -1.51. The van der Waals surface area contributed by atoms with Gasteiger partial charge in [0.2, 0.25) is 0 Å². The van der Waals surface area contributed by atoms with E-state index in [9.17, 15) is 0 Å². The average Bonchev–Trinajstić information content (AvgIpc) is 2.47. The summed E-state index contributed by atoms with van der Waals surface area (Å²) < 4.78 is 5.76. The molecule has 0 saturated carbocycles. The third-order valence-corrected chi connectivity index (χ3v) is 3.50. The molecule has 108 valence electrons. The molecular weight excluding hydrogens is 270 g/mol. The molecule has 0 aliphatic carbocycles. The minimum absolute atomic E-state index is 0. The number of rotatable bonds is 5. The second-order valence-corrected chi connectivity index (χ2v) is 4.90. The average molecular weight is 292 g/mol. The van der Waals surface area contributed by atoms with Crippen LogP contribution in [0.5, 0.6) is 11.5 Å². The minimum Gasteiger partial charge on any atom is -0.457 e. The van der Waals surface area contributed by atoms with Gasteiger partial charge in [-0.1, -0.05) is 50.6 Å². The van der Waals surface area contributed by atoms with Crippen LogP contribution in [0.1, 0.15) is 31.9 Å². The van der Waals surface area contributed by atoms with Crippen LogP contribution in [0.2, 0.25) is 0 Å². The Morgan fingerprint density at radius 2 is 1.50 bits per heavy atom. The molecule has 2 atom stereocenters. The van der Waals surface area contributed by atoms with E-state index in [0.717, 1.165) is 23.5 Å². The molecule has 2 aromatic carbocycles. The minimum atomic E-state index is 0. The van der Waals surface area contributed by atoms with Crippen LogP contribution in [0.15, 0.2) is 54.6 Å². The SMILES string of the molecule is CCC(C)[C@H](N)c1ccc(Oc2ccccc2)cc1.Cl. The topological polar surface area (TPSA) is 35.2 Å². The van der Waals surface area contributed by atoms with E-state index in [-0.39, 0.29) is 18.4 Å². The van der Waals surface area contributed by atoms with Crippen molar-refractivity contribution in [2.24, 2.45) is 11.7 Å². The summed E-state index contributed by atoms with van der Waals surface area (Å²) in [6.07, 6.45) is 1.09. The van der Waals surface area contributed by atoms with Crippen LogP contribution in [0.25, 0.3) is 0 Å². The highest BCUT2D eigenvalue weighted by atomic mass is 35.5. The molecule has 0 bridgehead atoms. The fourth-order valence-electron chi connectivity index (χ4n) is 1.97. The predicted molar refractivity (Wildman–Crippen MR) is 86.6 cm³/mol. The molecule has 0 spiro atoms. The van der Waals surface area contributed by atoms with Crippen molar-refractivity contribution >= 4 is 12.4 Å². The first-order valence-electron chi connectivity index (χ1n) is 6.79. The van der Waals surface area contributed by atoms with E-state index in [1.165, 1.54) is 0 Å². The van der Waals surface area contributed by atoms with E-state index in [1.807, 2.05) is 42.5 Å². The Kier molecular flexibility index (Phi) is 6.56. The third-order valence-electron chi connectivity index (χ3n) is 3.50. The maximum Gasteiger partial charge on any atom is 0.127 e. The number of halogens is 1. The highest BCUT2D eigenvalue weighted by molar-refractivity contribution is 5.85. The molecule has 0 aromatic heterocycles. The molecule has 0 aliphatic rings. The van der Waals surface area contributed by atoms with Crippen LogP contribution < -0.4 is 10.5 Å². The molecular formula is C17H22ClNO. The Morgan fingerprint density at radius 3 is 2.05 bits per heavy atom. The van der Waals surface area contributed by atoms with Crippen molar-refractivity contribution in [2.45, 2.75) is 26.3 Å². The number of hydrogen-bond acceptors (Lipinski definition) is 2. The van der Waals surface area contributed by atoms with Crippen molar-refractivity contribution in [3.63, 3.8) is 0 Å². The lowest BCUT2D eigenvalue weighted by Crippen LogP contribution is -2.18. The van der Waals surface area contributed by atoms with E-state index in [2.05, 4.69) is 26.0 Å². The molecule has 2 N–H and O–H groups in total. The van der Waals surface area contributed by atoms with Gasteiger partial charge in [0.1, 0.15) is 11.5 Å². The smallest absolute Gasteiger partial charge is 0.127 e. The third kappa shape index (κ3) is 4.26. The summed E-state index contributed by atoms with van der Waals surface area (Å²) in [5.74, 6) is 2.17. The highest BCUT2D eigenvalue weighted by Gasteiger charge is 2.12. The molecule has 0 radical (unpaired) electrons. The van der Waals surface area contributed by atoms with Gasteiger partial charge in [-0.05, 0) is 35.7 Å². The van der Waals surface area contributed by atoms with Gasteiger partial charge in [-0.25, -0.2) is 0 Å². The molecule has 1 unspecified atom stereocenters. The van der Waals surface area contributed by atoms with Crippen LogP contribution in [0, 0.1) is 5.92 Å². The maximum atomic E-state index is 6.21. The Bertz CT molecular complexity index is 498. The normalized spacial score (nSPS) is 13.2. The molecule has 0 heterocycles. The molecule has 2 nitrogen and oxygen atoms in total. The van der Waals surface area contributed by atoms with Crippen LogP contribution in [-0.2, 0) is 0 Å². The Labute approximate surface area is 127 Å². The lowest BCUT2D eigenvalue weighted by Gasteiger charge is -2.18. The molecule has 0 saturated heterocycles. The monoisotopic (exact) mass is 291 g/mol. The quantitative estimate of drug-likeness (QED) is 0.846. The van der Waals surface area contributed by atoms with Gasteiger partial charge >= 0.3 is 0 Å². The van der Waals surface area contributed by atoms with Gasteiger partial charge in [-0.2, -0.15) is 0 Å². The Morgan fingerprint density at radius 1 is 0.950 bits per heavy atom. The zero-order chi connectivity index (χ0) is 13.7. The number of ether oxygens (including phenoxy) is 1. The lowest BCUT2D eigenvalue weighted by atomic mass is 9.93. The van der Waals surface area contributed by atoms with Crippen molar-refractivity contribution in [3.8, 4) is 11.5 Å². The van der Waals surface area contributed by atoms with Crippen LogP contribution >= 0.6 is 12.4 Å². The van der Waals surface area contributed by atoms with Gasteiger partial charge in [0.05, 0.1) is 0 Å². The fourth-order valence-corrected chi connectivity index (χ4v) is 1.97. The maximum absolute atomic E-state index is 6.21. The highest BCUT2D eigenvalue weighted by Crippen LogP contribution is 2.26. The standard InChI is InChI=1S/C17H21NO.ClH/c1-3-13(2)17(18)14-9-11-16(12-10-14)19-15-7-5-4-6-8-15;/h4-13,17H,3,18H2,1-2H3;1H/t13?,17-;/m0./s1. The van der Waals surface area contributed by atoms with Gasteiger partial charge < -0.3 is 10.5 Å². The van der Waals surface area contributed by atoms with Crippen molar-refractivity contribution in [1.82, 2.24) is 0 Å². The molecule has 3 heteroatoms. The number of benzene rings is 2. The van der Waals surface area contributed by atoms with Gasteiger partial charge in [-0.15, -0.1) is 12.4 Å².